The van der Waals surface area contributed by atoms with E-state index in [9.17, 15) is 9.90 Å². The van der Waals surface area contributed by atoms with E-state index in [1.165, 1.54) is 6.42 Å². The summed E-state index contributed by atoms with van der Waals surface area (Å²) in [6.45, 7) is -1.97. The molecule has 2 aromatic rings. The van der Waals surface area contributed by atoms with Gasteiger partial charge in [-0.15, -0.1) is 0 Å². The summed E-state index contributed by atoms with van der Waals surface area (Å²) in [6, 6.07) is 15.2. The summed E-state index contributed by atoms with van der Waals surface area (Å²) in [7, 11) is 0. The average molecular weight is 358 g/mol. The highest BCUT2D eigenvalue weighted by atomic mass is 16.5. The molecule has 1 unspecified atom stereocenters. The number of carboxylic acid groups (broad SMARTS) is 1. The standard InChI is InChI=1S/C22H27NO3/c1-2-17-26-22(21(24)25,18-9-5-3-6-10-18)19-11-13-20(14-12-19)23-15-7-4-8-16-23/h3,5-6,9-14H,2,4,7-8,15-17H2,1H3,(H,24,25)/i1D3,2D2. The molecule has 0 amide bonds. The second-order valence-electron chi connectivity index (χ2n) is 6.41. The molecule has 0 radical (unpaired) electrons. The van der Waals surface area contributed by atoms with Crippen LogP contribution < -0.4 is 4.90 Å². The minimum Gasteiger partial charge on any atom is -0.479 e. The Bertz CT molecular complexity index is 880. The molecule has 4 nitrogen and oxygen atoms in total. The van der Waals surface area contributed by atoms with Gasteiger partial charge in [0.05, 0.1) is 0 Å². The van der Waals surface area contributed by atoms with Crippen molar-refractivity contribution in [2.45, 2.75) is 38.1 Å². The van der Waals surface area contributed by atoms with E-state index >= 15 is 0 Å². The Balaban J connectivity index is 2.02. The lowest BCUT2D eigenvalue weighted by atomic mass is 9.85. The Hall–Kier alpha value is -2.33. The molecule has 1 N–H and O–H groups in total. The molecule has 4 heteroatoms. The summed E-state index contributed by atoms with van der Waals surface area (Å²) >= 11 is 0. The van der Waals surface area contributed by atoms with Crippen molar-refractivity contribution in [3.05, 3.63) is 65.7 Å². The predicted molar refractivity (Wildman–Crippen MR) is 104 cm³/mol. The van der Waals surface area contributed by atoms with Crippen molar-refractivity contribution in [3.8, 4) is 0 Å². The number of piperidine rings is 1. The zero-order valence-electron chi connectivity index (χ0n) is 19.6. The maximum absolute atomic E-state index is 12.6. The lowest BCUT2D eigenvalue weighted by Crippen LogP contribution is -2.40. The van der Waals surface area contributed by atoms with Crippen molar-refractivity contribution in [2.75, 3.05) is 24.6 Å². The normalized spacial score (nSPS) is 20.8. The molecule has 1 saturated heterocycles. The molecule has 1 aliphatic heterocycles. The van der Waals surface area contributed by atoms with E-state index in [1.807, 2.05) is 12.1 Å². The van der Waals surface area contributed by atoms with E-state index in [4.69, 9.17) is 11.6 Å². The van der Waals surface area contributed by atoms with Crippen LogP contribution in [0.2, 0.25) is 0 Å². The Morgan fingerprint density at radius 2 is 1.77 bits per heavy atom. The van der Waals surface area contributed by atoms with E-state index in [2.05, 4.69) is 4.90 Å². The molecule has 3 rings (SSSR count). The Kier molecular flexibility index (Phi) is 4.16. The van der Waals surface area contributed by atoms with Crippen molar-refractivity contribution in [2.24, 2.45) is 0 Å². The van der Waals surface area contributed by atoms with Crippen LogP contribution in [0.15, 0.2) is 54.6 Å². The number of anilines is 1. The van der Waals surface area contributed by atoms with Crippen LogP contribution >= 0.6 is 0 Å². The molecule has 26 heavy (non-hydrogen) atoms. The van der Waals surface area contributed by atoms with E-state index < -0.39 is 31.4 Å². The number of carbonyl (C=O) groups is 1. The van der Waals surface area contributed by atoms with Gasteiger partial charge in [0, 0.05) is 32.2 Å². The first-order valence-electron chi connectivity index (χ1n) is 11.4. The molecule has 1 fully saturated rings. The topological polar surface area (TPSA) is 49.8 Å². The van der Waals surface area contributed by atoms with Crippen molar-refractivity contribution >= 4 is 11.7 Å². The number of ether oxygens (including phenoxy) is 1. The summed E-state index contributed by atoms with van der Waals surface area (Å²) in [5.41, 5.74) is -0.475. The fourth-order valence-electron chi connectivity index (χ4n) is 3.52. The van der Waals surface area contributed by atoms with Gasteiger partial charge in [-0.3, -0.25) is 0 Å². The van der Waals surface area contributed by atoms with Crippen LogP contribution in [0.3, 0.4) is 0 Å². The quantitative estimate of drug-likeness (QED) is 0.795. The van der Waals surface area contributed by atoms with Gasteiger partial charge in [-0.05, 0) is 48.9 Å². The molecule has 0 aromatic heterocycles. The molecule has 0 saturated carbocycles. The van der Waals surface area contributed by atoms with Gasteiger partial charge in [0.1, 0.15) is 0 Å². The number of rotatable bonds is 7. The maximum Gasteiger partial charge on any atom is 0.345 e. The molecule has 1 atom stereocenters. The number of nitrogens with zero attached hydrogens (tertiary/aromatic N) is 1. The summed E-state index contributed by atoms with van der Waals surface area (Å²) in [4.78, 5) is 14.8. The van der Waals surface area contributed by atoms with Crippen LogP contribution in [0.4, 0.5) is 5.69 Å². The highest BCUT2D eigenvalue weighted by molar-refractivity contribution is 5.84. The van der Waals surface area contributed by atoms with Gasteiger partial charge < -0.3 is 14.7 Å². The number of carboxylic acids is 1. The van der Waals surface area contributed by atoms with Gasteiger partial charge in [0.15, 0.2) is 0 Å². The molecular formula is C22H27NO3. The smallest absolute Gasteiger partial charge is 0.345 e. The fraction of sp³-hybridized carbons (Fsp3) is 0.409. The molecule has 1 heterocycles. The lowest BCUT2D eigenvalue weighted by Gasteiger charge is -2.32. The Labute approximate surface area is 162 Å². The van der Waals surface area contributed by atoms with Crippen molar-refractivity contribution in [1.29, 1.82) is 0 Å². The van der Waals surface area contributed by atoms with Crippen molar-refractivity contribution < 1.29 is 21.5 Å². The third-order valence-electron chi connectivity index (χ3n) is 4.84. The third-order valence-corrected chi connectivity index (χ3v) is 4.84. The van der Waals surface area contributed by atoms with Crippen LogP contribution in [0, 0.1) is 0 Å². The zero-order chi connectivity index (χ0) is 22.7. The first-order chi connectivity index (χ1) is 14.6. The van der Waals surface area contributed by atoms with Gasteiger partial charge in [-0.2, -0.15) is 0 Å². The number of hydrogen-bond donors (Lipinski definition) is 1. The van der Waals surface area contributed by atoms with Crippen LogP contribution in [0.1, 0.15) is 50.5 Å². The Morgan fingerprint density at radius 3 is 2.38 bits per heavy atom. The van der Waals surface area contributed by atoms with Gasteiger partial charge in [-0.1, -0.05) is 49.3 Å². The minimum absolute atomic E-state index is 0.287. The third kappa shape index (κ3) is 3.61. The predicted octanol–water partition coefficient (Wildman–Crippen LogP) is 4.43. The highest BCUT2D eigenvalue weighted by Crippen LogP contribution is 2.35. The lowest BCUT2D eigenvalue weighted by molar-refractivity contribution is -0.161. The largest absolute Gasteiger partial charge is 0.479 e. The molecule has 1 aliphatic rings. The highest BCUT2D eigenvalue weighted by Gasteiger charge is 2.43. The fourth-order valence-corrected chi connectivity index (χ4v) is 3.52. The molecule has 0 spiro atoms. The molecule has 2 aromatic carbocycles. The van der Waals surface area contributed by atoms with E-state index in [-0.39, 0.29) is 5.56 Å². The van der Waals surface area contributed by atoms with E-state index in [0.717, 1.165) is 31.6 Å². The van der Waals surface area contributed by atoms with Gasteiger partial charge >= 0.3 is 5.97 Å². The zero-order valence-corrected chi connectivity index (χ0v) is 14.6. The number of aliphatic carboxylic acids is 1. The Morgan fingerprint density at radius 1 is 1.12 bits per heavy atom. The SMILES string of the molecule is [2H]C([2H])([2H])C([2H])([2H])COC(C(=O)O)(c1ccccc1)c1ccc(N2CCCCC2)cc1. The van der Waals surface area contributed by atoms with Gasteiger partial charge in [0.25, 0.3) is 0 Å². The number of benzene rings is 2. The van der Waals surface area contributed by atoms with Crippen LogP contribution in [-0.2, 0) is 15.1 Å². The van der Waals surface area contributed by atoms with Crippen LogP contribution in [0.25, 0.3) is 0 Å². The second kappa shape index (κ2) is 8.37. The monoisotopic (exact) mass is 358 g/mol. The van der Waals surface area contributed by atoms with Crippen LogP contribution in [-0.4, -0.2) is 30.8 Å². The maximum atomic E-state index is 12.6. The summed E-state index contributed by atoms with van der Waals surface area (Å²) in [5.74, 6) is -1.34. The molecule has 0 bridgehead atoms. The summed E-state index contributed by atoms with van der Waals surface area (Å²) < 4.78 is 43.7. The summed E-state index contributed by atoms with van der Waals surface area (Å²) in [5, 5.41) is 10.2. The number of hydrogen-bond acceptors (Lipinski definition) is 3. The first kappa shape index (κ1) is 12.9. The second-order valence-corrected chi connectivity index (χ2v) is 6.41. The first-order valence-corrected chi connectivity index (χ1v) is 8.86. The van der Waals surface area contributed by atoms with Crippen molar-refractivity contribution in [3.63, 3.8) is 0 Å². The average Bonchev–Trinajstić information content (AvgIpc) is 2.75. The summed E-state index contributed by atoms with van der Waals surface area (Å²) in [6.07, 6.45) is 0.705. The molecular weight excluding hydrogens is 326 g/mol. The van der Waals surface area contributed by atoms with E-state index in [1.54, 1.807) is 42.5 Å². The van der Waals surface area contributed by atoms with Gasteiger partial charge in [0.2, 0.25) is 5.60 Å². The molecule has 138 valence electrons. The minimum atomic E-state index is -2.95. The van der Waals surface area contributed by atoms with Crippen molar-refractivity contribution in [1.82, 2.24) is 0 Å². The molecule has 0 aliphatic carbocycles. The van der Waals surface area contributed by atoms with E-state index in [0.29, 0.717) is 5.56 Å². The van der Waals surface area contributed by atoms with Crippen LogP contribution in [0.5, 0.6) is 0 Å². The van der Waals surface area contributed by atoms with Gasteiger partial charge in [-0.25, -0.2) is 4.79 Å².